The zero-order valence-electron chi connectivity index (χ0n) is 15.5. The number of halogens is 1. The van der Waals surface area contributed by atoms with Crippen LogP contribution in [0.4, 0.5) is 14.9 Å². The molecule has 1 N–H and O–H groups in total. The number of sulfone groups is 1. The van der Waals surface area contributed by atoms with E-state index in [4.69, 9.17) is 5.26 Å². The second-order valence-corrected chi connectivity index (χ2v) is 8.76. The van der Waals surface area contributed by atoms with Crippen LogP contribution in [0.25, 0.3) is 0 Å². The van der Waals surface area contributed by atoms with Crippen molar-refractivity contribution >= 4 is 21.6 Å². The highest BCUT2D eigenvalue weighted by Gasteiger charge is 2.32. The molecule has 0 saturated heterocycles. The molecule has 0 saturated carbocycles. The molecule has 0 heterocycles. The van der Waals surface area contributed by atoms with Gasteiger partial charge in [-0.1, -0.05) is 19.1 Å². The van der Waals surface area contributed by atoms with Crippen LogP contribution in [0.5, 0.6) is 0 Å². The molecule has 0 fully saturated rings. The summed E-state index contributed by atoms with van der Waals surface area (Å²) < 4.78 is 39.0. The van der Waals surface area contributed by atoms with Crippen molar-refractivity contribution in [2.24, 2.45) is 0 Å². The highest BCUT2D eigenvalue weighted by atomic mass is 32.2. The average Bonchev–Trinajstić information content (AvgIpc) is 2.68. The molecule has 0 bridgehead atoms. The molecule has 28 heavy (non-hydrogen) atoms. The Morgan fingerprint density at radius 1 is 1.18 bits per heavy atom. The van der Waals surface area contributed by atoms with Crippen LogP contribution in [0, 0.1) is 17.1 Å². The summed E-state index contributed by atoms with van der Waals surface area (Å²) in [5.74, 6) is -0.891. The highest BCUT2D eigenvalue weighted by Crippen LogP contribution is 2.27. The average molecular weight is 404 g/mol. The molecule has 6 nitrogen and oxygen atoms in total. The van der Waals surface area contributed by atoms with E-state index in [-0.39, 0.29) is 17.9 Å². The summed E-state index contributed by atoms with van der Waals surface area (Å²) in [6.07, 6.45) is -1.04. The molecule has 0 aliphatic heterocycles. The van der Waals surface area contributed by atoms with Crippen molar-refractivity contribution in [3.05, 3.63) is 65.5 Å². The number of nitrogens with zero attached hydrogens (tertiary/aromatic N) is 2. The molecular weight excluding hydrogens is 383 g/mol. The van der Waals surface area contributed by atoms with Crippen molar-refractivity contribution in [1.82, 2.24) is 0 Å². The van der Waals surface area contributed by atoms with Gasteiger partial charge in [0, 0.05) is 5.69 Å². The van der Waals surface area contributed by atoms with Crippen molar-refractivity contribution in [1.29, 1.82) is 5.26 Å². The predicted octanol–water partition coefficient (Wildman–Crippen LogP) is 4.14. The molecular formula is C20H21FN2O4S. The molecule has 2 rings (SSSR count). The molecule has 0 radical (unpaired) electrons. The monoisotopic (exact) mass is 404 g/mol. The van der Waals surface area contributed by atoms with Crippen LogP contribution < -0.4 is 4.90 Å². The van der Waals surface area contributed by atoms with Gasteiger partial charge in [0.1, 0.15) is 5.82 Å². The van der Waals surface area contributed by atoms with Gasteiger partial charge < -0.3 is 5.11 Å². The third-order valence-electron chi connectivity index (χ3n) is 4.62. The van der Waals surface area contributed by atoms with E-state index in [0.717, 1.165) is 17.0 Å². The zero-order chi connectivity index (χ0) is 20.9. The number of carbonyl (C=O) groups is 1. The zero-order valence-corrected chi connectivity index (χ0v) is 16.4. The van der Waals surface area contributed by atoms with E-state index in [1.807, 2.05) is 6.07 Å². The summed E-state index contributed by atoms with van der Waals surface area (Å²) in [5.41, 5.74) is 1.16. The normalized spacial score (nSPS) is 13.4. The fourth-order valence-electron chi connectivity index (χ4n) is 2.90. The molecule has 2 aromatic carbocycles. The minimum Gasteiger partial charge on any atom is -0.465 e. The van der Waals surface area contributed by atoms with Crippen LogP contribution in [-0.2, 0) is 9.84 Å². The number of anilines is 1. The van der Waals surface area contributed by atoms with Crippen molar-refractivity contribution < 1.29 is 22.7 Å². The first kappa shape index (κ1) is 21.4. The number of benzene rings is 2. The summed E-state index contributed by atoms with van der Waals surface area (Å²) in [6.45, 7) is 3.23. The van der Waals surface area contributed by atoms with Crippen molar-refractivity contribution in [2.45, 2.75) is 31.6 Å². The quantitative estimate of drug-likeness (QED) is 0.748. The third-order valence-corrected chi connectivity index (χ3v) is 6.82. The molecule has 2 atom stereocenters. The van der Waals surface area contributed by atoms with Gasteiger partial charge in [-0.2, -0.15) is 5.26 Å². The van der Waals surface area contributed by atoms with Gasteiger partial charge in [0.15, 0.2) is 9.84 Å². The summed E-state index contributed by atoms with van der Waals surface area (Å²) in [7, 11) is -3.70. The number of nitriles is 1. The number of hydrogen-bond acceptors (Lipinski definition) is 4. The minimum atomic E-state index is -3.70. The maximum Gasteiger partial charge on any atom is 0.412 e. The Hall–Kier alpha value is -2.92. The van der Waals surface area contributed by atoms with Crippen LogP contribution in [-0.4, -0.2) is 31.4 Å². The molecule has 0 spiro atoms. The molecule has 1 amide bonds. The highest BCUT2D eigenvalue weighted by molar-refractivity contribution is 7.91. The first-order chi connectivity index (χ1) is 13.2. The van der Waals surface area contributed by atoms with E-state index >= 15 is 0 Å². The Labute approximate surface area is 163 Å². The lowest BCUT2D eigenvalue weighted by molar-refractivity contribution is 0.199. The molecule has 2 aromatic rings. The maximum absolute atomic E-state index is 13.2. The summed E-state index contributed by atoms with van der Waals surface area (Å²) in [6, 6.07) is 12.3. The van der Waals surface area contributed by atoms with Gasteiger partial charge in [0.2, 0.25) is 0 Å². The number of hydrogen-bond donors (Lipinski definition) is 1. The summed E-state index contributed by atoms with van der Waals surface area (Å²) in [5, 5.41) is 17.6. The van der Waals surface area contributed by atoms with Gasteiger partial charge in [-0.05, 0) is 55.3 Å². The van der Waals surface area contributed by atoms with E-state index in [2.05, 4.69) is 0 Å². The summed E-state index contributed by atoms with van der Waals surface area (Å²) in [4.78, 5) is 12.7. The Bertz CT molecular complexity index is 967. The van der Waals surface area contributed by atoms with Crippen LogP contribution in [0.15, 0.2) is 48.5 Å². The largest absolute Gasteiger partial charge is 0.465 e. The molecule has 0 aromatic heterocycles. The lowest BCUT2D eigenvalue weighted by Gasteiger charge is -2.29. The second kappa shape index (κ2) is 8.85. The summed E-state index contributed by atoms with van der Waals surface area (Å²) >= 11 is 0. The van der Waals surface area contributed by atoms with Crippen LogP contribution in [0.2, 0.25) is 0 Å². The Balaban J connectivity index is 2.30. The number of amides is 1. The van der Waals surface area contributed by atoms with E-state index in [9.17, 15) is 22.7 Å². The van der Waals surface area contributed by atoms with Gasteiger partial charge in [-0.25, -0.2) is 17.6 Å². The van der Waals surface area contributed by atoms with E-state index in [1.54, 1.807) is 31.2 Å². The fraction of sp³-hybridized carbons (Fsp3) is 0.300. The van der Waals surface area contributed by atoms with Crippen molar-refractivity contribution in [3.8, 4) is 6.07 Å². The molecule has 0 aliphatic carbocycles. The Morgan fingerprint density at radius 2 is 1.75 bits per heavy atom. The van der Waals surface area contributed by atoms with Gasteiger partial charge in [0.25, 0.3) is 0 Å². The van der Waals surface area contributed by atoms with E-state index < -0.39 is 33.0 Å². The van der Waals surface area contributed by atoms with Gasteiger partial charge >= 0.3 is 6.09 Å². The van der Waals surface area contributed by atoms with Crippen LogP contribution in [0.3, 0.4) is 0 Å². The number of rotatable bonds is 7. The standard InChI is InChI=1S/C20H21FN2O4S/c1-3-18(23(20(24)25)19-10-8-17(21)9-11-19)13-28(26,27)14(2)16-6-4-15(12-22)5-7-16/h4-11,14,18H,3,13H2,1-2H3,(H,24,25)/t14-,18-/m0/s1. The molecule has 0 unspecified atom stereocenters. The second-order valence-electron chi connectivity index (χ2n) is 6.40. The Kier molecular flexibility index (Phi) is 6.75. The predicted molar refractivity (Wildman–Crippen MR) is 104 cm³/mol. The fourth-order valence-corrected chi connectivity index (χ4v) is 4.68. The molecule has 8 heteroatoms. The first-order valence-corrected chi connectivity index (χ1v) is 10.4. The van der Waals surface area contributed by atoms with Crippen molar-refractivity contribution in [2.75, 3.05) is 10.7 Å². The van der Waals surface area contributed by atoms with Crippen LogP contribution in [0.1, 0.15) is 36.6 Å². The van der Waals surface area contributed by atoms with Crippen molar-refractivity contribution in [3.63, 3.8) is 0 Å². The topological polar surface area (TPSA) is 98.5 Å². The minimum absolute atomic E-state index is 0.210. The Morgan fingerprint density at radius 3 is 2.21 bits per heavy atom. The van der Waals surface area contributed by atoms with Gasteiger partial charge in [-0.15, -0.1) is 0 Å². The molecule has 148 valence electrons. The SMILES string of the molecule is CC[C@@H](CS(=O)(=O)[C@@H](C)c1ccc(C#N)cc1)N(C(=O)O)c1ccc(F)cc1. The smallest absolute Gasteiger partial charge is 0.412 e. The van der Waals surface area contributed by atoms with Gasteiger partial charge in [-0.3, -0.25) is 4.90 Å². The number of carboxylic acid groups (broad SMARTS) is 1. The van der Waals surface area contributed by atoms with E-state index in [1.165, 1.54) is 19.1 Å². The first-order valence-electron chi connectivity index (χ1n) is 8.69. The maximum atomic E-state index is 13.2. The van der Waals surface area contributed by atoms with Gasteiger partial charge in [0.05, 0.1) is 28.7 Å². The van der Waals surface area contributed by atoms with Crippen LogP contribution >= 0.6 is 0 Å². The lowest BCUT2D eigenvalue weighted by Crippen LogP contribution is -2.44. The van der Waals surface area contributed by atoms with E-state index in [0.29, 0.717) is 11.1 Å². The third kappa shape index (κ3) is 4.87. The lowest BCUT2D eigenvalue weighted by atomic mass is 10.1. The molecule has 0 aliphatic rings.